The molecule has 5 nitrogen and oxygen atoms in total. The molecule has 0 aliphatic carbocycles. The van der Waals surface area contributed by atoms with Gasteiger partial charge in [0.25, 0.3) is 0 Å². The molecule has 0 atom stereocenters. The Hall–Kier alpha value is -1.36. The van der Waals surface area contributed by atoms with Crippen molar-refractivity contribution in [1.29, 1.82) is 0 Å². The molecular formula is C12H22N4O. The highest BCUT2D eigenvalue weighted by Gasteiger charge is 2.20. The zero-order valence-electron chi connectivity index (χ0n) is 10.9. The van der Waals surface area contributed by atoms with Crippen LogP contribution >= 0.6 is 0 Å². The second-order valence-electron chi connectivity index (χ2n) is 5.17. The molecule has 1 rings (SSSR count). The standard InChI is InChI=1S/C12H22N4O/c1-12(2,8-13)9-15(3)11(17)4-6-16-7-5-14-10-16/h5,7,10H,4,6,8-9,13H2,1-3H3. The van der Waals surface area contributed by atoms with Gasteiger partial charge in [-0.1, -0.05) is 13.8 Å². The molecule has 1 aromatic rings. The predicted octanol–water partition coefficient (Wildman–Crippen LogP) is 0.717. The summed E-state index contributed by atoms with van der Waals surface area (Å²) in [6.07, 6.45) is 5.79. The topological polar surface area (TPSA) is 64.2 Å². The van der Waals surface area contributed by atoms with Crippen LogP contribution in [0.25, 0.3) is 0 Å². The van der Waals surface area contributed by atoms with Gasteiger partial charge in [0.15, 0.2) is 0 Å². The lowest BCUT2D eigenvalue weighted by Crippen LogP contribution is -2.40. The Morgan fingerprint density at radius 1 is 1.53 bits per heavy atom. The number of rotatable bonds is 6. The van der Waals surface area contributed by atoms with Crippen LogP contribution in [-0.4, -0.2) is 40.5 Å². The zero-order chi connectivity index (χ0) is 12.9. The van der Waals surface area contributed by atoms with Crippen molar-refractivity contribution in [1.82, 2.24) is 14.5 Å². The highest BCUT2D eigenvalue weighted by atomic mass is 16.2. The van der Waals surface area contributed by atoms with Gasteiger partial charge in [0.2, 0.25) is 5.91 Å². The van der Waals surface area contributed by atoms with Gasteiger partial charge < -0.3 is 15.2 Å². The van der Waals surface area contributed by atoms with Crippen LogP contribution in [-0.2, 0) is 11.3 Å². The molecule has 0 radical (unpaired) electrons. The molecule has 96 valence electrons. The first-order chi connectivity index (χ1) is 7.94. The van der Waals surface area contributed by atoms with E-state index in [1.165, 1.54) is 0 Å². The molecule has 0 saturated heterocycles. The van der Waals surface area contributed by atoms with Gasteiger partial charge in [-0.3, -0.25) is 4.79 Å². The average molecular weight is 238 g/mol. The van der Waals surface area contributed by atoms with Crippen molar-refractivity contribution < 1.29 is 4.79 Å². The van der Waals surface area contributed by atoms with Crippen LogP contribution in [0.15, 0.2) is 18.7 Å². The first-order valence-corrected chi connectivity index (χ1v) is 5.84. The summed E-state index contributed by atoms with van der Waals surface area (Å²) in [6, 6.07) is 0. The second-order valence-corrected chi connectivity index (χ2v) is 5.17. The lowest BCUT2D eigenvalue weighted by molar-refractivity contribution is -0.131. The van der Waals surface area contributed by atoms with Crippen molar-refractivity contribution in [2.75, 3.05) is 20.1 Å². The van der Waals surface area contributed by atoms with Crippen LogP contribution in [0.2, 0.25) is 0 Å². The zero-order valence-corrected chi connectivity index (χ0v) is 10.9. The van der Waals surface area contributed by atoms with Crippen molar-refractivity contribution in [3.05, 3.63) is 18.7 Å². The van der Waals surface area contributed by atoms with E-state index in [1.54, 1.807) is 17.4 Å². The van der Waals surface area contributed by atoms with Gasteiger partial charge in [0.1, 0.15) is 0 Å². The SMILES string of the molecule is CN(CC(C)(C)CN)C(=O)CCn1ccnc1. The Bertz CT molecular complexity index is 345. The smallest absolute Gasteiger partial charge is 0.224 e. The molecule has 0 unspecified atom stereocenters. The van der Waals surface area contributed by atoms with Gasteiger partial charge >= 0.3 is 0 Å². The molecule has 0 aliphatic rings. The summed E-state index contributed by atoms with van der Waals surface area (Å²) in [5.74, 6) is 0.139. The van der Waals surface area contributed by atoms with Crippen molar-refractivity contribution in [3.63, 3.8) is 0 Å². The molecule has 1 heterocycles. The number of imidazole rings is 1. The van der Waals surface area contributed by atoms with Gasteiger partial charge in [-0.15, -0.1) is 0 Å². The number of carbonyl (C=O) groups is 1. The van der Waals surface area contributed by atoms with E-state index >= 15 is 0 Å². The van der Waals surface area contributed by atoms with E-state index in [4.69, 9.17) is 5.73 Å². The summed E-state index contributed by atoms with van der Waals surface area (Å²) in [4.78, 5) is 17.6. The Balaban J connectivity index is 2.37. The Morgan fingerprint density at radius 2 is 2.24 bits per heavy atom. The molecule has 5 heteroatoms. The number of aromatic nitrogens is 2. The Kier molecular flexibility index (Phi) is 4.69. The van der Waals surface area contributed by atoms with Crippen LogP contribution < -0.4 is 5.73 Å². The average Bonchev–Trinajstić information content (AvgIpc) is 2.78. The molecule has 0 bridgehead atoms. The number of nitrogens with two attached hydrogens (primary N) is 1. The maximum atomic E-state index is 11.9. The summed E-state index contributed by atoms with van der Waals surface area (Å²) in [7, 11) is 1.83. The normalized spacial score (nSPS) is 11.5. The molecule has 0 spiro atoms. The van der Waals surface area contributed by atoms with Crippen molar-refractivity contribution in [2.45, 2.75) is 26.8 Å². The third-order valence-corrected chi connectivity index (χ3v) is 2.79. The van der Waals surface area contributed by atoms with Gasteiger partial charge in [0.05, 0.1) is 6.33 Å². The maximum absolute atomic E-state index is 11.9. The molecule has 0 aromatic carbocycles. The first-order valence-electron chi connectivity index (χ1n) is 5.84. The van der Waals surface area contributed by atoms with Crippen LogP contribution in [0.4, 0.5) is 0 Å². The van der Waals surface area contributed by atoms with E-state index in [9.17, 15) is 4.79 Å². The van der Waals surface area contributed by atoms with Crippen molar-refractivity contribution in [2.24, 2.45) is 11.1 Å². The fourth-order valence-corrected chi connectivity index (χ4v) is 1.63. The molecule has 17 heavy (non-hydrogen) atoms. The third-order valence-electron chi connectivity index (χ3n) is 2.79. The first kappa shape index (κ1) is 13.7. The van der Waals surface area contributed by atoms with Gasteiger partial charge in [-0.25, -0.2) is 4.98 Å². The van der Waals surface area contributed by atoms with E-state index in [-0.39, 0.29) is 11.3 Å². The van der Waals surface area contributed by atoms with Crippen LogP contribution in [0.1, 0.15) is 20.3 Å². The molecule has 0 fully saturated rings. The molecular weight excluding hydrogens is 216 g/mol. The van der Waals surface area contributed by atoms with Crippen LogP contribution in [0, 0.1) is 5.41 Å². The van der Waals surface area contributed by atoms with Crippen LogP contribution in [0.5, 0.6) is 0 Å². The van der Waals surface area contributed by atoms with Crippen molar-refractivity contribution in [3.8, 4) is 0 Å². The van der Waals surface area contributed by atoms with Crippen molar-refractivity contribution >= 4 is 5.91 Å². The number of aryl methyl sites for hydroxylation is 1. The number of nitrogens with zero attached hydrogens (tertiary/aromatic N) is 3. The predicted molar refractivity (Wildman–Crippen MR) is 67.3 cm³/mol. The van der Waals surface area contributed by atoms with E-state index in [1.807, 2.05) is 17.8 Å². The van der Waals surface area contributed by atoms with Crippen LogP contribution in [0.3, 0.4) is 0 Å². The van der Waals surface area contributed by atoms with Gasteiger partial charge in [0, 0.05) is 39.0 Å². The molecule has 0 saturated carbocycles. The minimum atomic E-state index is -0.0284. The number of hydrogen-bond donors (Lipinski definition) is 1. The van der Waals surface area contributed by atoms with Gasteiger partial charge in [-0.05, 0) is 12.0 Å². The third kappa shape index (κ3) is 4.56. The summed E-state index contributed by atoms with van der Waals surface area (Å²) in [5.41, 5.74) is 5.63. The van der Waals surface area contributed by atoms with E-state index in [2.05, 4.69) is 18.8 Å². The summed E-state index contributed by atoms with van der Waals surface area (Å²) >= 11 is 0. The number of amides is 1. The Labute approximate surface area is 103 Å². The quantitative estimate of drug-likeness (QED) is 0.794. The molecule has 1 amide bonds. The number of hydrogen-bond acceptors (Lipinski definition) is 3. The second kappa shape index (κ2) is 5.82. The molecule has 2 N–H and O–H groups in total. The van der Waals surface area contributed by atoms with Gasteiger partial charge in [-0.2, -0.15) is 0 Å². The Morgan fingerprint density at radius 3 is 2.76 bits per heavy atom. The fraction of sp³-hybridized carbons (Fsp3) is 0.667. The molecule has 0 aliphatic heterocycles. The number of carbonyl (C=O) groups excluding carboxylic acids is 1. The fourth-order valence-electron chi connectivity index (χ4n) is 1.63. The highest BCUT2D eigenvalue weighted by molar-refractivity contribution is 5.75. The lowest BCUT2D eigenvalue weighted by Gasteiger charge is -2.29. The summed E-state index contributed by atoms with van der Waals surface area (Å²) in [5, 5.41) is 0. The van der Waals surface area contributed by atoms with E-state index in [0.29, 0.717) is 26.1 Å². The van der Waals surface area contributed by atoms with E-state index < -0.39 is 0 Å². The minimum absolute atomic E-state index is 0.0284. The lowest BCUT2D eigenvalue weighted by atomic mass is 9.93. The highest BCUT2D eigenvalue weighted by Crippen LogP contribution is 2.14. The monoisotopic (exact) mass is 238 g/mol. The largest absolute Gasteiger partial charge is 0.345 e. The summed E-state index contributed by atoms with van der Waals surface area (Å²) in [6.45, 7) is 6.06. The summed E-state index contributed by atoms with van der Waals surface area (Å²) < 4.78 is 1.90. The molecule has 1 aromatic heterocycles. The maximum Gasteiger partial charge on any atom is 0.224 e. The minimum Gasteiger partial charge on any atom is -0.345 e. The van der Waals surface area contributed by atoms with E-state index in [0.717, 1.165) is 0 Å².